The number of carboxylic acids is 1. The van der Waals surface area contributed by atoms with Crippen molar-refractivity contribution < 1.29 is 28.6 Å². The second kappa shape index (κ2) is 8.66. The smallest absolute Gasteiger partial charge is 0.408 e. The standard InChI is InChI=1S/C22H25FN2O5S/c1-21(2,3)30-20(29)24-16(11-17-15(23)9-10-31-17)18(26)25-22(19(27)28)12-14(22)13-7-5-4-6-8-13/h4-10,14,16H,11-12H2,1-3H3,(H,24,29)(H,25,26)(H,27,28). The maximum absolute atomic E-state index is 14.0. The van der Waals surface area contributed by atoms with Gasteiger partial charge in [0.15, 0.2) is 0 Å². The highest BCUT2D eigenvalue weighted by atomic mass is 32.1. The molecule has 3 unspecified atom stereocenters. The van der Waals surface area contributed by atoms with Gasteiger partial charge in [0, 0.05) is 17.2 Å². The molecule has 0 aliphatic heterocycles. The molecule has 1 aromatic heterocycles. The molecule has 0 saturated heterocycles. The minimum absolute atomic E-state index is 0.125. The van der Waals surface area contributed by atoms with Gasteiger partial charge in [0.25, 0.3) is 0 Å². The summed E-state index contributed by atoms with van der Waals surface area (Å²) in [5.74, 6) is -2.75. The fraction of sp³-hybridized carbons (Fsp3) is 0.409. The van der Waals surface area contributed by atoms with Crippen molar-refractivity contribution in [3.63, 3.8) is 0 Å². The minimum atomic E-state index is -1.47. The third-order valence-corrected chi connectivity index (χ3v) is 5.90. The van der Waals surface area contributed by atoms with Crippen LogP contribution in [0.4, 0.5) is 9.18 Å². The van der Waals surface area contributed by atoms with Crippen LogP contribution in [0.25, 0.3) is 0 Å². The van der Waals surface area contributed by atoms with Crippen LogP contribution >= 0.6 is 11.3 Å². The predicted octanol–water partition coefficient (Wildman–Crippen LogP) is 3.45. The molecule has 9 heteroatoms. The van der Waals surface area contributed by atoms with Gasteiger partial charge in [-0.2, -0.15) is 0 Å². The lowest BCUT2D eigenvalue weighted by molar-refractivity contribution is -0.143. The van der Waals surface area contributed by atoms with Crippen molar-refractivity contribution in [3.05, 3.63) is 58.0 Å². The molecule has 3 atom stereocenters. The summed E-state index contributed by atoms with van der Waals surface area (Å²) >= 11 is 1.11. The third-order valence-electron chi connectivity index (χ3n) is 4.98. The van der Waals surface area contributed by atoms with Crippen molar-refractivity contribution in [2.45, 2.75) is 56.7 Å². The molecule has 1 fully saturated rings. The molecular weight excluding hydrogens is 423 g/mol. The van der Waals surface area contributed by atoms with Gasteiger partial charge in [0.1, 0.15) is 23.0 Å². The normalized spacial score (nSPS) is 21.1. The van der Waals surface area contributed by atoms with Crippen molar-refractivity contribution in [1.29, 1.82) is 0 Å². The second-order valence-corrected chi connectivity index (χ2v) is 9.53. The molecule has 2 aromatic rings. The maximum Gasteiger partial charge on any atom is 0.408 e. The number of amides is 2. The van der Waals surface area contributed by atoms with Crippen LogP contribution in [-0.4, -0.2) is 40.3 Å². The van der Waals surface area contributed by atoms with E-state index in [2.05, 4.69) is 10.6 Å². The summed E-state index contributed by atoms with van der Waals surface area (Å²) in [6.07, 6.45) is -0.741. The van der Waals surface area contributed by atoms with Crippen LogP contribution in [0.1, 0.15) is 43.6 Å². The molecule has 3 rings (SSSR count). The number of hydrogen-bond acceptors (Lipinski definition) is 5. The molecule has 1 aromatic carbocycles. The van der Waals surface area contributed by atoms with Crippen molar-refractivity contribution in [1.82, 2.24) is 10.6 Å². The Balaban J connectivity index is 1.79. The first-order valence-corrected chi connectivity index (χ1v) is 10.7. The SMILES string of the molecule is CC(C)(C)OC(=O)NC(Cc1sccc1F)C(=O)NC1(C(=O)O)CC1c1ccccc1. The highest BCUT2D eigenvalue weighted by Crippen LogP contribution is 2.51. The summed E-state index contributed by atoms with van der Waals surface area (Å²) in [4.78, 5) is 37.6. The molecule has 7 nitrogen and oxygen atoms in total. The number of thiophene rings is 1. The molecular formula is C22H25FN2O5S. The average Bonchev–Trinajstić information content (AvgIpc) is 3.28. The van der Waals surface area contributed by atoms with E-state index >= 15 is 0 Å². The number of alkyl carbamates (subject to hydrolysis) is 1. The van der Waals surface area contributed by atoms with Gasteiger partial charge >= 0.3 is 12.1 Å². The van der Waals surface area contributed by atoms with E-state index in [0.29, 0.717) is 0 Å². The van der Waals surface area contributed by atoms with Crippen LogP contribution in [0.2, 0.25) is 0 Å². The zero-order valence-corrected chi connectivity index (χ0v) is 18.3. The zero-order valence-electron chi connectivity index (χ0n) is 17.5. The van der Waals surface area contributed by atoms with Gasteiger partial charge < -0.3 is 20.5 Å². The van der Waals surface area contributed by atoms with E-state index in [4.69, 9.17) is 4.74 Å². The number of hydrogen-bond donors (Lipinski definition) is 3. The lowest BCUT2D eigenvalue weighted by Gasteiger charge is -2.24. The summed E-state index contributed by atoms with van der Waals surface area (Å²) < 4.78 is 19.2. The van der Waals surface area contributed by atoms with E-state index in [-0.39, 0.29) is 17.7 Å². The number of halogens is 1. The first kappa shape index (κ1) is 22.7. The summed E-state index contributed by atoms with van der Waals surface area (Å²) in [5.41, 5.74) is -1.47. The molecule has 31 heavy (non-hydrogen) atoms. The highest BCUT2D eigenvalue weighted by molar-refractivity contribution is 7.09. The molecule has 1 saturated carbocycles. The van der Waals surface area contributed by atoms with E-state index < -0.39 is 46.9 Å². The number of rotatable bonds is 7. The molecule has 0 bridgehead atoms. The molecule has 1 aliphatic rings. The Morgan fingerprint density at radius 3 is 2.48 bits per heavy atom. The van der Waals surface area contributed by atoms with Crippen molar-refractivity contribution in [3.8, 4) is 0 Å². The van der Waals surface area contributed by atoms with Crippen LogP contribution in [0.3, 0.4) is 0 Å². The Labute approximate surface area is 183 Å². The Kier molecular flexibility index (Phi) is 6.35. The first-order valence-electron chi connectivity index (χ1n) is 9.83. The molecule has 2 amide bonds. The average molecular weight is 449 g/mol. The Bertz CT molecular complexity index is 972. The Morgan fingerprint density at radius 1 is 1.26 bits per heavy atom. The quantitative estimate of drug-likeness (QED) is 0.602. The van der Waals surface area contributed by atoms with E-state index in [1.165, 1.54) is 11.4 Å². The lowest BCUT2D eigenvalue weighted by Crippen LogP contribution is -2.54. The van der Waals surface area contributed by atoms with Gasteiger partial charge in [-0.25, -0.2) is 14.0 Å². The van der Waals surface area contributed by atoms with Gasteiger partial charge in [-0.15, -0.1) is 11.3 Å². The first-order chi connectivity index (χ1) is 14.5. The van der Waals surface area contributed by atoms with Crippen LogP contribution < -0.4 is 10.6 Å². The van der Waals surface area contributed by atoms with Gasteiger partial charge in [-0.05, 0) is 44.2 Å². The van der Waals surface area contributed by atoms with Gasteiger partial charge in [0.05, 0.1) is 0 Å². The molecule has 3 N–H and O–H groups in total. The Hall–Kier alpha value is -2.94. The topological polar surface area (TPSA) is 105 Å². The number of benzene rings is 1. The summed E-state index contributed by atoms with van der Waals surface area (Å²) in [7, 11) is 0. The number of carbonyl (C=O) groups is 3. The van der Waals surface area contributed by atoms with Crippen LogP contribution in [-0.2, 0) is 20.7 Å². The molecule has 1 aliphatic carbocycles. The molecule has 0 radical (unpaired) electrons. The summed E-state index contributed by atoms with van der Waals surface area (Å²) in [5, 5.41) is 16.4. The van der Waals surface area contributed by atoms with E-state index in [1.54, 1.807) is 45.0 Å². The van der Waals surface area contributed by atoms with Crippen LogP contribution in [0.15, 0.2) is 41.8 Å². The van der Waals surface area contributed by atoms with Crippen molar-refractivity contribution >= 4 is 29.3 Å². The summed E-state index contributed by atoms with van der Waals surface area (Å²) in [6.45, 7) is 5.03. The van der Waals surface area contributed by atoms with Crippen molar-refractivity contribution in [2.75, 3.05) is 0 Å². The van der Waals surface area contributed by atoms with Gasteiger partial charge in [-0.3, -0.25) is 4.79 Å². The highest BCUT2D eigenvalue weighted by Gasteiger charge is 2.62. The van der Waals surface area contributed by atoms with Gasteiger partial charge in [-0.1, -0.05) is 30.3 Å². The fourth-order valence-electron chi connectivity index (χ4n) is 3.40. The number of carboxylic acid groups (broad SMARTS) is 1. The van der Waals surface area contributed by atoms with Crippen LogP contribution in [0, 0.1) is 5.82 Å². The molecule has 166 valence electrons. The second-order valence-electron chi connectivity index (χ2n) is 8.53. The Morgan fingerprint density at radius 2 is 1.94 bits per heavy atom. The number of aliphatic carboxylic acids is 1. The monoisotopic (exact) mass is 448 g/mol. The van der Waals surface area contributed by atoms with Crippen molar-refractivity contribution in [2.24, 2.45) is 0 Å². The van der Waals surface area contributed by atoms with Crippen LogP contribution in [0.5, 0.6) is 0 Å². The summed E-state index contributed by atoms with van der Waals surface area (Å²) in [6, 6.07) is 9.11. The fourth-order valence-corrected chi connectivity index (χ4v) is 4.20. The van der Waals surface area contributed by atoms with E-state index in [9.17, 15) is 23.9 Å². The van der Waals surface area contributed by atoms with E-state index in [0.717, 1.165) is 16.9 Å². The number of nitrogens with one attached hydrogen (secondary N) is 2. The maximum atomic E-state index is 14.0. The predicted molar refractivity (Wildman–Crippen MR) is 113 cm³/mol. The molecule has 1 heterocycles. The largest absolute Gasteiger partial charge is 0.479 e. The van der Waals surface area contributed by atoms with E-state index in [1.807, 2.05) is 6.07 Å². The lowest BCUT2D eigenvalue weighted by atomic mass is 10.0. The third kappa shape index (κ3) is 5.41. The molecule has 0 spiro atoms. The minimum Gasteiger partial charge on any atom is -0.479 e. The number of carbonyl (C=O) groups excluding carboxylic acids is 2. The van der Waals surface area contributed by atoms with Gasteiger partial charge in [0.2, 0.25) is 5.91 Å². The number of ether oxygens (including phenoxy) is 1. The zero-order chi connectivity index (χ0) is 22.8.